The van der Waals surface area contributed by atoms with Gasteiger partial charge in [0.05, 0.1) is 6.54 Å². The van der Waals surface area contributed by atoms with Crippen molar-refractivity contribution in [3.8, 4) is 0 Å². The third-order valence-corrected chi connectivity index (χ3v) is 4.57. The van der Waals surface area contributed by atoms with E-state index in [4.69, 9.17) is 31.9 Å². The SMILES string of the molecule is CCOC(CN(C)C(=O)C(Cc1ccc(Cl)cc1)NC(=O)C(CN)NC(=O)O)OCC. The summed E-state index contributed by atoms with van der Waals surface area (Å²) in [4.78, 5) is 38.0. The van der Waals surface area contributed by atoms with Crippen LogP contribution in [-0.4, -0.2) is 79.6 Å². The average molecular weight is 459 g/mol. The molecule has 3 amide bonds. The van der Waals surface area contributed by atoms with Gasteiger partial charge in [-0.05, 0) is 31.5 Å². The molecule has 0 aromatic heterocycles. The predicted octanol–water partition coefficient (Wildman–Crippen LogP) is 0.820. The van der Waals surface area contributed by atoms with Crippen molar-refractivity contribution in [2.24, 2.45) is 5.73 Å². The lowest BCUT2D eigenvalue weighted by Crippen LogP contribution is -2.57. The van der Waals surface area contributed by atoms with Crippen LogP contribution in [0.25, 0.3) is 0 Å². The van der Waals surface area contributed by atoms with E-state index >= 15 is 0 Å². The van der Waals surface area contributed by atoms with E-state index in [1.54, 1.807) is 31.3 Å². The van der Waals surface area contributed by atoms with Gasteiger partial charge >= 0.3 is 6.09 Å². The molecule has 10 nitrogen and oxygen atoms in total. The Morgan fingerprint density at radius 1 is 1.10 bits per heavy atom. The number of hydrogen-bond donors (Lipinski definition) is 4. The summed E-state index contributed by atoms with van der Waals surface area (Å²) in [5.74, 6) is -1.09. The summed E-state index contributed by atoms with van der Waals surface area (Å²) >= 11 is 5.92. The van der Waals surface area contributed by atoms with Gasteiger partial charge in [0.1, 0.15) is 12.1 Å². The third-order valence-electron chi connectivity index (χ3n) is 4.32. The number of benzene rings is 1. The van der Waals surface area contributed by atoms with Gasteiger partial charge in [-0.15, -0.1) is 0 Å². The number of carbonyl (C=O) groups is 3. The van der Waals surface area contributed by atoms with E-state index in [0.717, 1.165) is 5.56 Å². The molecule has 0 radical (unpaired) electrons. The van der Waals surface area contributed by atoms with Crippen LogP contribution >= 0.6 is 11.6 Å². The van der Waals surface area contributed by atoms with Gasteiger partial charge in [0, 0.05) is 38.2 Å². The number of carbonyl (C=O) groups excluding carboxylic acids is 2. The fraction of sp³-hybridized carbons (Fsp3) is 0.550. The van der Waals surface area contributed by atoms with Gasteiger partial charge in [-0.3, -0.25) is 9.59 Å². The zero-order valence-corrected chi connectivity index (χ0v) is 18.7. The minimum atomic E-state index is -1.39. The van der Waals surface area contributed by atoms with E-state index in [0.29, 0.717) is 18.2 Å². The predicted molar refractivity (Wildman–Crippen MR) is 116 cm³/mol. The molecule has 0 saturated carbocycles. The van der Waals surface area contributed by atoms with Crippen LogP contribution in [0.5, 0.6) is 0 Å². The molecule has 5 N–H and O–H groups in total. The van der Waals surface area contributed by atoms with Crippen molar-refractivity contribution in [1.82, 2.24) is 15.5 Å². The van der Waals surface area contributed by atoms with Gasteiger partial charge < -0.3 is 35.8 Å². The highest BCUT2D eigenvalue weighted by Gasteiger charge is 2.29. The molecule has 31 heavy (non-hydrogen) atoms. The van der Waals surface area contributed by atoms with Crippen LogP contribution in [-0.2, 0) is 25.5 Å². The van der Waals surface area contributed by atoms with Crippen molar-refractivity contribution in [1.29, 1.82) is 0 Å². The largest absolute Gasteiger partial charge is 0.465 e. The lowest BCUT2D eigenvalue weighted by Gasteiger charge is -2.29. The Morgan fingerprint density at radius 2 is 1.68 bits per heavy atom. The molecule has 1 rings (SSSR count). The van der Waals surface area contributed by atoms with Crippen LogP contribution in [0.2, 0.25) is 5.02 Å². The van der Waals surface area contributed by atoms with Gasteiger partial charge in [-0.1, -0.05) is 23.7 Å². The van der Waals surface area contributed by atoms with Crippen molar-refractivity contribution in [2.75, 3.05) is 33.4 Å². The average Bonchev–Trinajstić information content (AvgIpc) is 2.72. The van der Waals surface area contributed by atoms with Crippen molar-refractivity contribution >= 4 is 29.5 Å². The molecule has 0 aliphatic carbocycles. The minimum absolute atomic E-state index is 0.154. The first kappa shape index (κ1) is 26.6. The van der Waals surface area contributed by atoms with Crippen LogP contribution in [0, 0.1) is 0 Å². The maximum absolute atomic E-state index is 13.1. The quantitative estimate of drug-likeness (QED) is 0.320. The first-order valence-corrected chi connectivity index (χ1v) is 10.3. The molecule has 0 fully saturated rings. The Hall–Kier alpha value is -2.40. The van der Waals surface area contributed by atoms with Crippen LogP contribution in [0.3, 0.4) is 0 Å². The Labute approximate surface area is 187 Å². The van der Waals surface area contributed by atoms with Crippen molar-refractivity contribution in [2.45, 2.75) is 38.6 Å². The van der Waals surface area contributed by atoms with Crippen molar-refractivity contribution in [3.63, 3.8) is 0 Å². The van der Waals surface area contributed by atoms with E-state index in [1.807, 2.05) is 19.2 Å². The van der Waals surface area contributed by atoms with E-state index in [9.17, 15) is 14.4 Å². The van der Waals surface area contributed by atoms with E-state index in [-0.39, 0.29) is 25.4 Å². The molecule has 2 unspecified atom stereocenters. The van der Waals surface area contributed by atoms with Crippen LogP contribution in [0.15, 0.2) is 24.3 Å². The Kier molecular flexibility index (Phi) is 11.9. The number of hydrogen-bond acceptors (Lipinski definition) is 6. The van der Waals surface area contributed by atoms with E-state index in [1.165, 1.54) is 4.90 Å². The van der Waals surface area contributed by atoms with Gasteiger partial charge in [-0.2, -0.15) is 0 Å². The second-order valence-corrected chi connectivity index (χ2v) is 7.12. The summed E-state index contributed by atoms with van der Waals surface area (Å²) in [6.07, 6.45) is -1.83. The number of ether oxygens (including phenoxy) is 2. The summed E-state index contributed by atoms with van der Waals surface area (Å²) < 4.78 is 11.0. The number of nitrogens with two attached hydrogens (primary N) is 1. The number of amides is 3. The summed E-state index contributed by atoms with van der Waals surface area (Å²) in [5.41, 5.74) is 6.27. The summed E-state index contributed by atoms with van der Waals surface area (Å²) in [5, 5.41) is 14.1. The molecule has 1 aromatic carbocycles. The summed E-state index contributed by atoms with van der Waals surface area (Å²) in [6, 6.07) is 4.69. The Morgan fingerprint density at radius 3 is 2.16 bits per heavy atom. The number of nitrogens with zero attached hydrogens (tertiary/aromatic N) is 1. The Bertz CT molecular complexity index is 712. The number of likely N-dealkylation sites (N-methyl/N-ethyl adjacent to an activating group) is 1. The fourth-order valence-corrected chi connectivity index (χ4v) is 2.94. The second-order valence-electron chi connectivity index (χ2n) is 6.69. The smallest absolute Gasteiger partial charge is 0.405 e. The molecule has 174 valence electrons. The lowest BCUT2D eigenvalue weighted by molar-refractivity contribution is -0.158. The molecular weight excluding hydrogens is 428 g/mol. The highest BCUT2D eigenvalue weighted by molar-refractivity contribution is 6.30. The van der Waals surface area contributed by atoms with Crippen molar-refractivity contribution in [3.05, 3.63) is 34.9 Å². The van der Waals surface area contributed by atoms with Gasteiger partial charge in [0.2, 0.25) is 11.8 Å². The summed E-state index contributed by atoms with van der Waals surface area (Å²) in [6.45, 7) is 4.36. The third kappa shape index (κ3) is 9.52. The number of rotatable bonds is 13. The maximum Gasteiger partial charge on any atom is 0.405 e. The number of nitrogens with one attached hydrogen (secondary N) is 2. The normalized spacial score (nSPS) is 12.8. The van der Waals surface area contributed by atoms with Gasteiger partial charge in [-0.25, -0.2) is 4.79 Å². The molecule has 0 aliphatic rings. The molecule has 0 bridgehead atoms. The van der Waals surface area contributed by atoms with E-state index in [2.05, 4.69) is 5.32 Å². The standard InChI is InChI=1S/C20H31ClN4O6/c1-4-30-17(31-5-2)12-25(3)19(27)15(10-13-6-8-14(21)9-7-13)23-18(26)16(11-22)24-20(28)29/h6-9,15-17,24H,4-5,10-12,22H2,1-3H3,(H,23,26)(H,28,29). The van der Waals surface area contributed by atoms with Crippen LogP contribution in [0.1, 0.15) is 19.4 Å². The van der Waals surface area contributed by atoms with Crippen molar-refractivity contribution < 1.29 is 29.0 Å². The van der Waals surface area contributed by atoms with Gasteiger partial charge in [0.15, 0.2) is 6.29 Å². The monoisotopic (exact) mass is 458 g/mol. The molecule has 1 aromatic rings. The maximum atomic E-state index is 13.1. The zero-order valence-electron chi connectivity index (χ0n) is 18.0. The highest BCUT2D eigenvalue weighted by Crippen LogP contribution is 2.12. The molecule has 0 aliphatic heterocycles. The van der Waals surface area contributed by atoms with Crippen LogP contribution < -0.4 is 16.4 Å². The van der Waals surface area contributed by atoms with E-state index < -0.39 is 30.4 Å². The minimum Gasteiger partial charge on any atom is -0.465 e. The zero-order chi connectivity index (χ0) is 23.4. The molecule has 0 saturated heterocycles. The molecular formula is C20H31ClN4O6. The molecule has 2 atom stereocenters. The Balaban J connectivity index is 3.01. The highest BCUT2D eigenvalue weighted by atomic mass is 35.5. The lowest BCUT2D eigenvalue weighted by atomic mass is 10.0. The van der Waals surface area contributed by atoms with Crippen LogP contribution in [0.4, 0.5) is 4.79 Å². The topological polar surface area (TPSA) is 143 Å². The summed E-state index contributed by atoms with van der Waals surface area (Å²) in [7, 11) is 1.57. The molecule has 11 heteroatoms. The number of carboxylic acid groups (broad SMARTS) is 1. The first-order valence-electron chi connectivity index (χ1n) is 9.94. The number of halogens is 1. The fourth-order valence-electron chi connectivity index (χ4n) is 2.81. The first-order chi connectivity index (χ1) is 14.7. The molecule has 0 heterocycles. The molecule has 0 spiro atoms. The van der Waals surface area contributed by atoms with Gasteiger partial charge in [0.25, 0.3) is 0 Å². The second kappa shape index (κ2) is 13.8.